The van der Waals surface area contributed by atoms with E-state index < -0.39 is 11.7 Å². The standard InChI is InChI=1S/C12H21NO4/c1-12(2,3)17-10(14)8-9-6-4-5-7-13(9)11(15)16/h9H,4-8H2,1-3H3,(H,15,16). The van der Waals surface area contributed by atoms with E-state index >= 15 is 0 Å². The molecule has 1 fully saturated rings. The Hall–Kier alpha value is -1.26. The van der Waals surface area contributed by atoms with Gasteiger partial charge in [-0.25, -0.2) is 4.79 Å². The van der Waals surface area contributed by atoms with Gasteiger partial charge in [0.2, 0.25) is 0 Å². The number of likely N-dealkylation sites (tertiary alicyclic amines) is 1. The van der Waals surface area contributed by atoms with Crippen molar-refractivity contribution >= 4 is 12.1 Å². The number of piperidine rings is 1. The molecule has 0 aromatic carbocycles. The highest BCUT2D eigenvalue weighted by Crippen LogP contribution is 2.21. The Morgan fingerprint density at radius 2 is 2.00 bits per heavy atom. The highest BCUT2D eigenvalue weighted by molar-refractivity contribution is 5.72. The van der Waals surface area contributed by atoms with Gasteiger partial charge in [-0.1, -0.05) is 0 Å². The molecule has 1 rings (SSSR count). The van der Waals surface area contributed by atoms with Crippen LogP contribution >= 0.6 is 0 Å². The maximum atomic E-state index is 11.7. The van der Waals surface area contributed by atoms with Crippen LogP contribution in [0.15, 0.2) is 0 Å². The molecule has 0 aliphatic carbocycles. The molecule has 1 aliphatic rings. The second-order valence-electron chi connectivity index (χ2n) is 5.42. The fourth-order valence-corrected chi connectivity index (χ4v) is 2.04. The fraction of sp³-hybridized carbons (Fsp3) is 0.833. The molecule has 0 saturated carbocycles. The number of hydrogen-bond acceptors (Lipinski definition) is 3. The van der Waals surface area contributed by atoms with E-state index in [-0.39, 0.29) is 18.4 Å². The maximum Gasteiger partial charge on any atom is 0.407 e. The molecule has 5 heteroatoms. The summed E-state index contributed by atoms with van der Waals surface area (Å²) in [5.41, 5.74) is -0.514. The lowest BCUT2D eigenvalue weighted by Crippen LogP contribution is -2.44. The van der Waals surface area contributed by atoms with Crippen LogP contribution in [0.3, 0.4) is 0 Å². The largest absolute Gasteiger partial charge is 0.465 e. The van der Waals surface area contributed by atoms with Crippen LogP contribution in [0.25, 0.3) is 0 Å². The molecule has 17 heavy (non-hydrogen) atoms. The van der Waals surface area contributed by atoms with Gasteiger partial charge >= 0.3 is 12.1 Å². The first-order valence-corrected chi connectivity index (χ1v) is 6.01. The van der Waals surface area contributed by atoms with Gasteiger partial charge in [-0.05, 0) is 40.0 Å². The van der Waals surface area contributed by atoms with Gasteiger partial charge in [0.1, 0.15) is 5.60 Å². The summed E-state index contributed by atoms with van der Waals surface area (Å²) in [5.74, 6) is -0.323. The molecular weight excluding hydrogens is 222 g/mol. The van der Waals surface area contributed by atoms with E-state index in [0.29, 0.717) is 6.54 Å². The molecule has 0 aromatic heterocycles. The fourth-order valence-electron chi connectivity index (χ4n) is 2.04. The van der Waals surface area contributed by atoms with Crippen LogP contribution in [0.5, 0.6) is 0 Å². The molecular formula is C12H21NO4. The number of amides is 1. The second-order valence-corrected chi connectivity index (χ2v) is 5.42. The van der Waals surface area contributed by atoms with Gasteiger partial charge < -0.3 is 14.7 Å². The van der Waals surface area contributed by atoms with Crippen molar-refractivity contribution in [2.45, 2.75) is 58.1 Å². The molecule has 1 unspecified atom stereocenters. The number of carboxylic acid groups (broad SMARTS) is 1. The van der Waals surface area contributed by atoms with E-state index in [1.54, 1.807) is 20.8 Å². The highest BCUT2D eigenvalue weighted by atomic mass is 16.6. The van der Waals surface area contributed by atoms with Gasteiger partial charge in [0.25, 0.3) is 0 Å². The number of carbonyl (C=O) groups excluding carboxylic acids is 1. The lowest BCUT2D eigenvalue weighted by molar-refractivity contribution is -0.156. The van der Waals surface area contributed by atoms with Crippen LogP contribution in [-0.4, -0.2) is 40.3 Å². The zero-order valence-electron chi connectivity index (χ0n) is 10.7. The van der Waals surface area contributed by atoms with Crippen LogP contribution in [0.1, 0.15) is 46.5 Å². The van der Waals surface area contributed by atoms with Gasteiger partial charge in [0, 0.05) is 12.6 Å². The summed E-state index contributed by atoms with van der Waals surface area (Å²) in [6.07, 6.45) is 1.79. The number of nitrogens with zero attached hydrogens (tertiary/aromatic N) is 1. The van der Waals surface area contributed by atoms with Crippen molar-refractivity contribution in [2.75, 3.05) is 6.54 Å². The van der Waals surface area contributed by atoms with E-state index in [2.05, 4.69) is 0 Å². The Kier molecular flexibility index (Phi) is 4.37. The molecule has 0 radical (unpaired) electrons. The number of carbonyl (C=O) groups is 2. The molecule has 1 N–H and O–H groups in total. The summed E-state index contributed by atoms with van der Waals surface area (Å²) in [4.78, 5) is 24.0. The molecule has 1 aliphatic heterocycles. The van der Waals surface area contributed by atoms with Crippen molar-refractivity contribution in [1.29, 1.82) is 0 Å². The lowest BCUT2D eigenvalue weighted by Gasteiger charge is -2.33. The van der Waals surface area contributed by atoms with E-state index in [4.69, 9.17) is 9.84 Å². The summed E-state index contributed by atoms with van der Waals surface area (Å²) in [5, 5.41) is 9.03. The van der Waals surface area contributed by atoms with E-state index in [0.717, 1.165) is 19.3 Å². The molecule has 0 spiro atoms. The van der Waals surface area contributed by atoms with Crippen LogP contribution in [0.2, 0.25) is 0 Å². The van der Waals surface area contributed by atoms with Crippen molar-refractivity contribution in [3.05, 3.63) is 0 Å². The van der Waals surface area contributed by atoms with Gasteiger partial charge in [-0.15, -0.1) is 0 Å². The summed E-state index contributed by atoms with van der Waals surface area (Å²) in [7, 11) is 0. The van der Waals surface area contributed by atoms with E-state index in [9.17, 15) is 9.59 Å². The molecule has 1 saturated heterocycles. The Labute approximate surface area is 102 Å². The second kappa shape index (κ2) is 5.38. The van der Waals surface area contributed by atoms with Crippen molar-refractivity contribution in [1.82, 2.24) is 4.90 Å². The van der Waals surface area contributed by atoms with Crippen molar-refractivity contribution in [2.24, 2.45) is 0 Å². The average Bonchev–Trinajstić information content (AvgIpc) is 2.14. The smallest absolute Gasteiger partial charge is 0.407 e. The van der Waals surface area contributed by atoms with Gasteiger partial charge in [0.15, 0.2) is 0 Å². The van der Waals surface area contributed by atoms with Gasteiger partial charge in [0.05, 0.1) is 6.42 Å². The Bertz CT molecular complexity index is 295. The number of ether oxygens (including phenoxy) is 1. The molecule has 1 atom stereocenters. The molecule has 5 nitrogen and oxygen atoms in total. The Balaban J connectivity index is 2.53. The van der Waals surface area contributed by atoms with Crippen LogP contribution < -0.4 is 0 Å². The third-order valence-electron chi connectivity index (χ3n) is 2.70. The van der Waals surface area contributed by atoms with Crippen LogP contribution in [0.4, 0.5) is 4.79 Å². The molecule has 1 heterocycles. The summed E-state index contributed by atoms with van der Waals surface area (Å²) in [6.45, 7) is 5.94. The number of hydrogen-bond donors (Lipinski definition) is 1. The monoisotopic (exact) mass is 243 g/mol. The quantitative estimate of drug-likeness (QED) is 0.755. The van der Waals surface area contributed by atoms with Crippen molar-refractivity contribution in [3.63, 3.8) is 0 Å². The van der Waals surface area contributed by atoms with Crippen molar-refractivity contribution in [3.8, 4) is 0 Å². The lowest BCUT2D eigenvalue weighted by atomic mass is 10.00. The third kappa shape index (κ3) is 4.63. The summed E-state index contributed by atoms with van der Waals surface area (Å²) < 4.78 is 5.21. The minimum atomic E-state index is -0.946. The predicted octanol–water partition coefficient (Wildman–Crippen LogP) is 2.25. The molecule has 0 bridgehead atoms. The first kappa shape index (κ1) is 13.8. The molecule has 0 aromatic rings. The number of rotatable bonds is 2. The van der Waals surface area contributed by atoms with Crippen LogP contribution in [-0.2, 0) is 9.53 Å². The number of esters is 1. The first-order valence-electron chi connectivity index (χ1n) is 6.01. The van der Waals surface area contributed by atoms with Crippen molar-refractivity contribution < 1.29 is 19.4 Å². The summed E-state index contributed by atoms with van der Waals surface area (Å²) in [6, 6.07) is -0.226. The summed E-state index contributed by atoms with van der Waals surface area (Å²) >= 11 is 0. The Morgan fingerprint density at radius 1 is 1.35 bits per heavy atom. The third-order valence-corrected chi connectivity index (χ3v) is 2.70. The molecule has 98 valence electrons. The predicted molar refractivity (Wildman–Crippen MR) is 62.8 cm³/mol. The zero-order valence-corrected chi connectivity index (χ0v) is 10.7. The normalized spacial score (nSPS) is 21.1. The van der Waals surface area contributed by atoms with Gasteiger partial charge in [-0.3, -0.25) is 4.79 Å². The zero-order chi connectivity index (χ0) is 13.1. The average molecular weight is 243 g/mol. The van der Waals surface area contributed by atoms with Crippen LogP contribution in [0, 0.1) is 0 Å². The SMILES string of the molecule is CC(C)(C)OC(=O)CC1CCCCN1C(=O)O. The Morgan fingerprint density at radius 3 is 2.53 bits per heavy atom. The van der Waals surface area contributed by atoms with E-state index in [1.807, 2.05) is 0 Å². The maximum absolute atomic E-state index is 11.7. The van der Waals surface area contributed by atoms with Gasteiger partial charge in [-0.2, -0.15) is 0 Å². The minimum Gasteiger partial charge on any atom is -0.465 e. The van der Waals surface area contributed by atoms with E-state index in [1.165, 1.54) is 4.90 Å². The molecule has 1 amide bonds. The minimum absolute atomic E-state index is 0.156. The first-order chi connectivity index (χ1) is 7.79. The highest BCUT2D eigenvalue weighted by Gasteiger charge is 2.29. The topological polar surface area (TPSA) is 66.8 Å².